The second kappa shape index (κ2) is 8.23. The van der Waals surface area contributed by atoms with E-state index in [1.807, 2.05) is 0 Å². The van der Waals surface area contributed by atoms with Gasteiger partial charge in [0.05, 0.1) is 4.90 Å². The number of hydrogen-bond donors (Lipinski definition) is 1. The van der Waals surface area contributed by atoms with Crippen molar-refractivity contribution >= 4 is 15.9 Å². The van der Waals surface area contributed by atoms with Crippen LogP contribution in [0.15, 0.2) is 33.7 Å². The fourth-order valence-electron chi connectivity index (χ4n) is 3.90. The number of carbonyl (C=O) groups excluding carboxylic acids is 1. The Morgan fingerprint density at radius 3 is 2.41 bits per heavy atom. The number of benzene rings is 1. The topological polar surface area (TPSA) is 105 Å². The molecule has 1 aromatic carbocycles. The van der Waals surface area contributed by atoms with Crippen molar-refractivity contribution in [3.8, 4) is 11.4 Å². The summed E-state index contributed by atoms with van der Waals surface area (Å²) in [6.07, 6.45) is 5.94. The second-order valence-corrected chi connectivity index (χ2v) is 9.93. The zero-order valence-electron chi connectivity index (χ0n) is 16.5. The lowest BCUT2D eigenvalue weighted by molar-refractivity contribution is 0.0893. The van der Waals surface area contributed by atoms with Gasteiger partial charge >= 0.3 is 11.8 Å². The Morgan fingerprint density at radius 2 is 1.76 bits per heavy atom. The minimum Gasteiger partial charge on any atom is -0.345 e. The number of nitrogens with one attached hydrogen (secondary N) is 1. The smallest absolute Gasteiger partial charge is 0.316 e. The maximum absolute atomic E-state index is 12.8. The van der Waals surface area contributed by atoms with Crippen molar-refractivity contribution in [2.45, 2.75) is 56.4 Å². The molecule has 0 atom stereocenters. The Bertz CT molecular complexity index is 957. The summed E-state index contributed by atoms with van der Waals surface area (Å²) in [6, 6.07) is 6.56. The normalized spacial score (nSPS) is 19.5. The number of rotatable bonds is 5. The van der Waals surface area contributed by atoms with Crippen molar-refractivity contribution in [1.82, 2.24) is 19.8 Å². The van der Waals surface area contributed by atoms with Gasteiger partial charge in [0, 0.05) is 24.7 Å². The molecular weight excluding hydrogens is 392 g/mol. The fraction of sp³-hybridized carbons (Fsp3) is 0.550. The van der Waals surface area contributed by atoms with E-state index in [0.29, 0.717) is 24.6 Å². The Hall–Kier alpha value is -2.26. The van der Waals surface area contributed by atoms with Crippen LogP contribution in [-0.2, 0) is 10.0 Å². The number of nitrogens with zero attached hydrogens (tertiary/aromatic N) is 3. The van der Waals surface area contributed by atoms with Gasteiger partial charge < -0.3 is 9.84 Å². The molecule has 2 fully saturated rings. The predicted molar refractivity (Wildman–Crippen MR) is 107 cm³/mol. The lowest BCUT2D eigenvalue weighted by Crippen LogP contribution is -2.37. The highest BCUT2D eigenvalue weighted by atomic mass is 32.2. The quantitative estimate of drug-likeness (QED) is 0.800. The summed E-state index contributed by atoms with van der Waals surface area (Å²) >= 11 is 0. The summed E-state index contributed by atoms with van der Waals surface area (Å²) in [7, 11) is -3.50. The Kier molecular flexibility index (Phi) is 5.69. The number of piperidine rings is 1. The molecule has 2 heterocycles. The van der Waals surface area contributed by atoms with Crippen molar-refractivity contribution in [1.29, 1.82) is 0 Å². The molecule has 0 radical (unpaired) electrons. The minimum absolute atomic E-state index is 0.0777. The molecule has 4 rings (SSSR count). The molecule has 2 aromatic rings. The first kappa shape index (κ1) is 20.0. The van der Waals surface area contributed by atoms with E-state index in [1.54, 1.807) is 28.6 Å². The third-order valence-corrected chi connectivity index (χ3v) is 7.72. The van der Waals surface area contributed by atoms with E-state index < -0.39 is 10.0 Å². The van der Waals surface area contributed by atoms with Crippen molar-refractivity contribution in [3.63, 3.8) is 0 Å². The van der Waals surface area contributed by atoms with Crippen LogP contribution in [0, 0.1) is 5.92 Å². The highest BCUT2D eigenvalue weighted by molar-refractivity contribution is 7.89. The van der Waals surface area contributed by atoms with Crippen LogP contribution in [-0.4, -0.2) is 47.9 Å². The molecule has 1 saturated heterocycles. The predicted octanol–water partition coefficient (Wildman–Crippen LogP) is 2.83. The van der Waals surface area contributed by atoms with Gasteiger partial charge in [-0.3, -0.25) is 4.79 Å². The summed E-state index contributed by atoms with van der Waals surface area (Å²) in [5.74, 6) is 0.375. The summed E-state index contributed by atoms with van der Waals surface area (Å²) in [4.78, 5) is 16.6. The van der Waals surface area contributed by atoms with Crippen LogP contribution in [0.5, 0.6) is 0 Å². The fourth-order valence-corrected chi connectivity index (χ4v) is 5.37. The second-order valence-electron chi connectivity index (χ2n) is 7.99. The van der Waals surface area contributed by atoms with E-state index in [-0.39, 0.29) is 28.6 Å². The van der Waals surface area contributed by atoms with Crippen molar-refractivity contribution < 1.29 is 17.7 Å². The Balaban J connectivity index is 1.45. The zero-order valence-corrected chi connectivity index (χ0v) is 17.3. The van der Waals surface area contributed by atoms with Crippen LogP contribution in [0.3, 0.4) is 0 Å². The molecule has 9 heteroatoms. The third-order valence-electron chi connectivity index (χ3n) is 5.80. The van der Waals surface area contributed by atoms with E-state index >= 15 is 0 Å². The summed E-state index contributed by atoms with van der Waals surface area (Å²) in [5.41, 5.74) is 0.597. The molecule has 1 aliphatic heterocycles. The number of amides is 1. The molecule has 156 valence electrons. The molecule has 1 N–H and O–H groups in total. The summed E-state index contributed by atoms with van der Waals surface area (Å²) in [5, 5.41) is 6.77. The van der Waals surface area contributed by atoms with Crippen LogP contribution < -0.4 is 5.32 Å². The highest BCUT2D eigenvalue weighted by Gasteiger charge is 2.28. The van der Waals surface area contributed by atoms with Gasteiger partial charge in [0.25, 0.3) is 0 Å². The van der Waals surface area contributed by atoms with E-state index in [9.17, 15) is 13.2 Å². The van der Waals surface area contributed by atoms with Crippen LogP contribution in [0.25, 0.3) is 11.4 Å². The first-order chi connectivity index (χ1) is 13.9. The number of hydrogen-bond acceptors (Lipinski definition) is 6. The molecule has 0 bridgehead atoms. The lowest BCUT2D eigenvalue weighted by Gasteiger charge is -2.29. The number of sulfonamides is 1. The molecule has 1 saturated carbocycles. The SMILES string of the molecule is CC1CCN(S(=O)(=O)c2ccc(-c3noc(C(=O)NC4CCCC4)n3)cc2)CC1. The summed E-state index contributed by atoms with van der Waals surface area (Å²) in [6.45, 7) is 3.25. The van der Waals surface area contributed by atoms with Gasteiger partial charge in [0.1, 0.15) is 0 Å². The molecule has 1 aliphatic carbocycles. The van der Waals surface area contributed by atoms with Crippen LogP contribution >= 0.6 is 0 Å². The van der Waals surface area contributed by atoms with Gasteiger partial charge in [0.2, 0.25) is 15.8 Å². The average molecular weight is 419 g/mol. The maximum atomic E-state index is 12.8. The minimum atomic E-state index is -3.50. The lowest BCUT2D eigenvalue weighted by atomic mass is 10.0. The van der Waals surface area contributed by atoms with E-state index in [0.717, 1.165) is 38.5 Å². The molecule has 0 unspecified atom stereocenters. The van der Waals surface area contributed by atoms with E-state index in [4.69, 9.17) is 4.52 Å². The molecule has 1 amide bonds. The van der Waals surface area contributed by atoms with Gasteiger partial charge in [-0.2, -0.15) is 9.29 Å². The van der Waals surface area contributed by atoms with Crippen molar-refractivity contribution in [2.75, 3.05) is 13.1 Å². The van der Waals surface area contributed by atoms with Crippen molar-refractivity contribution in [3.05, 3.63) is 30.2 Å². The van der Waals surface area contributed by atoms with Gasteiger partial charge in [0.15, 0.2) is 0 Å². The molecule has 29 heavy (non-hydrogen) atoms. The van der Waals surface area contributed by atoms with Gasteiger partial charge in [-0.05, 0) is 55.9 Å². The van der Waals surface area contributed by atoms with Gasteiger partial charge in [-0.25, -0.2) is 8.42 Å². The number of aromatic nitrogens is 2. The zero-order chi connectivity index (χ0) is 20.4. The number of carbonyl (C=O) groups is 1. The third kappa shape index (κ3) is 4.35. The van der Waals surface area contributed by atoms with E-state index in [2.05, 4.69) is 22.4 Å². The molecule has 8 nitrogen and oxygen atoms in total. The molecular formula is C20H26N4O4S. The first-order valence-electron chi connectivity index (χ1n) is 10.2. The molecule has 0 spiro atoms. The van der Waals surface area contributed by atoms with Gasteiger partial charge in [-0.15, -0.1) is 0 Å². The van der Waals surface area contributed by atoms with Crippen LogP contribution in [0.4, 0.5) is 0 Å². The highest BCUT2D eigenvalue weighted by Crippen LogP contribution is 2.25. The first-order valence-corrected chi connectivity index (χ1v) is 11.6. The van der Waals surface area contributed by atoms with Gasteiger partial charge in [-0.1, -0.05) is 24.9 Å². The van der Waals surface area contributed by atoms with E-state index in [1.165, 1.54) is 0 Å². The molecule has 2 aliphatic rings. The van der Waals surface area contributed by atoms with Crippen molar-refractivity contribution in [2.24, 2.45) is 5.92 Å². The standard InChI is InChI=1S/C20H26N4O4S/c1-14-10-12-24(13-11-14)29(26,27)17-8-6-15(7-9-17)18-22-20(28-23-18)19(25)21-16-4-2-3-5-16/h6-9,14,16H,2-5,10-13H2,1H3,(H,21,25). The average Bonchev–Trinajstić information content (AvgIpc) is 3.40. The largest absolute Gasteiger partial charge is 0.345 e. The monoisotopic (exact) mass is 418 g/mol. The molecule has 1 aromatic heterocycles. The maximum Gasteiger partial charge on any atom is 0.316 e. The Morgan fingerprint density at radius 1 is 1.10 bits per heavy atom. The van der Waals surface area contributed by atoms with Crippen LogP contribution in [0.1, 0.15) is 56.1 Å². The Labute approximate surface area is 170 Å². The summed E-state index contributed by atoms with van der Waals surface area (Å²) < 4.78 is 32.3. The van der Waals surface area contributed by atoms with Crippen LogP contribution in [0.2, 0.25) is 0 Å².